The van der Waals surface area contributed by atoms with E-state index in [1.54, 1.807) is 11.9 Å². The monoisotopic (exact) mass is 280 g/mol. The zero-order valence-corrected chi connectivity index (χ0v) is 11.9. The van der Waals surface area contributed by atoms with Gasteiger partial charge in [0.25, 0.3) is 0 Å². The van der Waals surface area contributed by atoms with E-state index < -0.39 is 0 Å². The standard InChI is InChI=1S/C12H20N6O2/c1-10-13-14-15-18(10)6-3-5-17-7-4-12(9-17)8-16(2)11(19)20-12/h3-9H2,1-2H3/t12-/m0/s1. The van der Waals surface area contributed by atoms with E-state index >= 15 is 0 Å². The lowest BCUT2D eigenvalue weighted by Crippen LogP contribution is -2.37. The summed E-state index contributed by atoms with van der Waals surface area (Å²) in [5.41, 5.74) is -0.281. The fourth-order valence-corrected chi connectivity index (χ4v) is 3.02. The molecule has 110 valence electrons. The highest BCUT2D eigenvalue weighted by Gasteiger charge is 2.48. The molecule has 0 bridgehead atoms. The van der Waals surface area contributed by atoms with E-state index in [-0.39, 0.29) is 11.7 Å². The van der Waals surface area contributed by atoms with Crippen LogP contribution in [0.4, 0.5) is 4.79 Å². The highest BCUT2D eigenvalue weighted by atomic mass is 16.6. The van der Waals surface area contributed by atoms with E-state index in [1.165, 1.54) is 0 Å². The Balaban J connectivity index is 1.47. The molecule has 1 aromatic rings. The average Bonchev–Trinajstić information content (AvgIpc) is 3.04. The molecule has 3 rings (SSSR count). The summed E-state index contributed by atoms with van der Waals surface area (Å²) in [6.45, 7) is 6.21. The van der Waals surface area contributed by atoms with Crippen molar-refractivity contribution in [2.75, 3.05) is 33.2 Å². The first-order chi connectivity index (χ1) is 9.58. The van der Waals surface area contributed by atoms with E-state index in [2.05, 4.69) is 20.4 Å². The van der Waals surface area contributed by atoms with Gasteiger partial charge in [-0.15, -0.1) is 5.10 Å². The first kappa shape index (κ1) is 13.3. The Bertz CT molecular complexity index is 504. The molecule has 0 aromatic carbocycles. The summed E-state index contributed by atoms with van der Waals surface area (Å²) in [4.78, 5) is 15.5. The number of aromatic nitrogens is 4. The van der Waals surface area contributed by atoms with Gasteiger partial charge in [0, 0.05) is 39.6 Å². The Morgan fingerprint density at radius 3 is 2.85 bits per heavy atom. The third-order valence-electron chi connectivity index (χ3n) is 4.09. The molecule has 1 amide bonds. The van der Waals surface area contributed by atoms with Gasteiger partial charge in [-0.05, 0) is 23.8 Å². The number of rotatable bonds is 4. The molecule has 1 spiro atoms. The van der Waals surface area contributed by atoms with Crippen molar-refractivity contribution >= 4 is 6.09 Å². The number of aryl methyl sites for hydroxylation is 2. The van der Waals surface area contributed by atoms with Crippen molar-refractivity contribution in [1.29, 1.82) is 0 Å². The fraction of sp³-hybridized carbons (Fsp3) is 0.833. The summed E-state index contributed by atoms with van der Waals surface area (Å²) in [7, 11) is 1.79. The van der Waals surface area contributed by atoms with E-state index in [9.17, 15) is 4.79 Å². The molecule has 8 heteroatoms. The normalized spacial score (nSPS) is 26.7. The first-order valence-electron chi connectivity index (χ1n) is 6.97. The van der Waals surface area contributed by atoms with Crippen molar-refractivity contribution in [2.24, 2.45) is 0 Å². The van der Waals surface area contributed by atoms with Crippen LogP contribution in [0.2, 0.25) is 0 Å². The number of nitrogens with zero attached hydrogens (tertiary/aromatic N) is 6. The lowest BCUT2D eigenvalue weighted by Gasteiger charge is -2.21. The topological polar surface area (TPSA) is 76.4 Å². The molecule has 8 nitrogen and oxygen atoms in total. The molecule has 20 heavy (non-hydrogen) atoms. The Labute approximate surface area is 117 Å². The van der Waals surface area contributed by atoms with Crippen LogP contribution in [-0.2, 0) is 11.3 Å². The zero-order valence-electron chi connectivity index (χ0n) is 11.9. The molecule has 0 unspecified atom stereocenters. The Hall–Kier alpha value is -1.70. The van der Waals surface area contributed by atoms with Crippen molar-refractivity contribution in [3.8, 4) is 0 Å². The van der Waals surface area contributed by atoms with E-state index in [1.807, 2.05) is 11.6 Å². The molecule has 3 heterocycles. The summed E-state index contributed by atoms with van der Waals surface area (Å²) >= 11 is 0. The molecule has 2 fully saturated rings. The van der Waals surface area contributed by atoms with Crippen molar-refractivity contribution in [3.05, 3.63) is 5.82 Å². The Morgan fingerprint density at radius 2 is 2.20 bits per heavy atom. The number of carbonyl (C=O) groups is 1. The lowest BCUT2D eigenvalue weighted by atomic mass is 10.0. The zero-order chi connectivity index (χ0) is 14.2. The van der Waals surface area contributed by atoms with Gasteiger partial charge >= 0.3 is 6.09 Å². The molecule has 1 aromatic heterocycles. The molecule has 2 saturated heterocycles. The number of likely N-dealkylation sites (N-methyl/N-ethyl adjacent to an activating group) is 1. The van der Waals surface area contributed by atoms with Crippen LogP contribution in [0.1, 0.15) is 18.7 Å². The number of hydrogen-bond donors (Lipinski definition) is 0. The summed E-state index contributed by atoms with van der Waals surface area (Å²) in [5.74, 6) is 0.842. The maximum absolute atomic E-state index is 11.5. The molecule has 2 aliphatic heterocycles. The van der Waals surface area contributed by atoms with E-state index in [0.717, 1.165) is 44.8 Å². The van der Waals surface area contributed by atoms with Gasteiger partial charge in [0.2, 0.25) is 0 Å². The predicted molar refractivity (Wildman–Crippen MR) is 70.1 cm³/mol. The van der Waals surface area contributed by atoms with Gasteiger partial charge in [0.15, 0.2) is 0 Å². The number of likely N-dealkylation sites (tertiary alicyclic amines) is 1. The van der Waals surface area contributed by atoms with E-state index in [0.29, 0.717) is 6.54 Å². The summed E-state index contributed by atoms with van der Waals surface area (Å²) in [5, 5.41) is 11.4. The van der Waals surface area contributed by atoms with Gasteiger partial charge in [-0.3, -0.25) is 4.90 Å². The minimum Gasteiger partial charge on any atom is -0.439 e. The highest BCUT2D eigenvalue weighted by molar-refractivity contribution is 5.70. The average molecular weight is 280 g/mol. The SMILES string of the molecule is Cc1nnnn1CCCN1CC[C@@]2(C1)CN(C)C(=O)O2. The molecular formula is C12H20N6O2. The van der Waals surface area contributed by atoms with Crippen LogP contribution in [0.25, 0.3) is 0 Å². The van der Waals surface area contributed by atoms with Crippen LogP contribution in [0.5, 0.6) is 0 Å². The quantitative estimate of drug-likeness (QED) is 0.766. The van der Waals surface area contributed by atoms with Crippen LogP contribution in [-0.4, -0.2) is 74.9 Å². The van der Waals surface area contributed by atoms with Crippen molar-refractivity contribution in [3.63, 3.8) is 0 Å². The van der Waals surface area contributed by atoms with Crippen LogP contribution >= 0.6 is 0 Å². The first-order valence-corrected chi connectivity index (χ1v) is 6.97. The van der Waals surface area contributed by atoms with Gasteiger partial charge in [-0.25, -0.2) is 9.48 Å². The van der Waals surface area contributed by atoms with Crippen LogP contribution in [0.15, 0.2) is 0 Å². The maximum atomic E-state index is 11.5. The van der Waals surface area contributed by atoms with Crippen molar-refractivity contribution in [2.45, 2.75) is 31.9 Å². The molecule has 1 atom stereocenters. The fourth-order valence-electron chi connectivity index (χ4n) is 3.02. The van der Waals surface area contributed by atoms with Gasteiger partial charge in [0.1, 0.15) is 11.4 Å². The smallest absolute Gasteiger partial charge is 0.410 e. The second kappa shape index (κ2) is 5.01. The third kappa shape index (κ3) is 2.47. The number of amides is 1. The van der Waals surface area contributed by atoms with Gasteiger partial charge < -0.3 is 9.64 Å². The molecule has 0 N–H and O–H groups in total. The Morgan fingerprint density at radius 1 is 1.35 bits per heavy atom. The minimum atomic E-state index is -0.281. The lowest BCUT2D eigenvalue weighted by molar-refractivity contribution is 0.0632. The molecule has 0 saturated carbocycles. The number of hydrogen-bond acceptors (Lipinski definition) is 6. The summed E-state index contributed by atoms with van der Waals surface area (Å²) < 4.78 is 7.35. The van der Waals surface area contributed by atoms with Crippen LogP contribution in [0.3, 0.4) is 0 Å². The maximum Gasteiger partial charge on any atom is 0.410 e. The third-order valence-corrected chi connectivity index (χ3v) is 4.09. The van der Waals surface area contributed by atoms with Gasteiger partial charge in [0.05, 0.1) is 6.54 Å². The molecule has 0 aliphatic carbocycles. The molecule has 0 radical (unpaired) electrons. The highest BCUT2D eigenvalue weighted by Crippen LogP contribution is 2.31. The van der Waals surface area contributed by atoms with Crippen molar-refractivity contribution in [1.82, 2.24) is 30.0 Å². The van der Waals surface area contributed by atoms with Crippen molar-refractivity contribution < 1.29 is 9.53 Å². The summed E-state index contributed by atoms with van der Waals surface area (Å²) in [6.07, 6.45) is 1.72. The summed E-state index contributed by atoms with van der Waals surface area (Å²) in [6, 6.07) is 0. The van der Waals surface area contributed by atoms with Crippen LogP contribution in [0, 0.1) is 6.92 Å². The van der Waals surface area contributed by atoms with Gasteiger partial charge in [-0.1, -0.05) is 0 Å². The number of ether oxygens (including phenoxy) is 1. The van der Waals surface area contributed by atoms with E-state index in [4.69, 9.17) is 4.74 Å². The second-order valence-corrected chi connectivity index (χ2v) is 5.74. The largest absolute Gasteiger partial charge is 0.439 e. The molecular weight excluding hydrogens is 260 g/mol. The van der Waals surface area contributed by atoms with Crippen LogP contribution < -0.4 is 0 Å². The minimum absolute atomic E-state index is 0.198. The second-order valence-electron chi connectivity index (χ2n) is 5.74. The number of carbonyl (C=O) groups excluding carboxylic acids is 1. The number of tetrazole rings is 1. The van der Waals surface area contributed by atoms with Gasteiger partial charge in [-0.2, -0.15) is 0 Å². The molecule has 2 aliphatic rings. The predicted octanol–water partition coefficient (Wildman–Crippen LogP) is -0.102. The Kier molecular flexibility index (Phi) is 3.33.